The van der Waals surface area contributed by atoms with Gasteiger partial charge in [0.1, 0.15) is 17.5 Å². The summed E-state index contributed by atoms with van der Waals surface area (Å²) in [7, 11) is 2.04. The topological polar surface area (TPSA) is 41.1 Å². The average Bonchev–Trinajstić information content (AvgIpc) is 2.43. The second-order valence-electron chi connectivity index (χ2n) is 4.99. The van der Waals surface area contributed by atoms with Gasteiger partial charge >= 0.3 is 0 Å². The third kappa shape index (κ3) is 2.90. The van der Waals surface area contributed by atoms with Gasteiger partial charge in [-0.2, -0.15) is 0 Å². The van der Waals surface area contributed by atoms with Crippen molar-refractivity contribution in [3.8, 4) is 0 Å². The van der Waals surface area contributed by atoms with Gasteiger partial charge in [-0.25, -0.2) is 9.97 Å². The predicted octanol–water partition coefficient (Wildman–Crippen LogP) is 3.60. The Hall–Kier alpha value is -2.10. The second-order valence-corrected chi connectivity index (χ2v) is 4.99. The summed E-state index contributed by atoms with van der Waals surface area (Å²) in [6, 6.07) is 8.44. The van der Waals surface area contributed by atoms with Crippen molar-refractivity contribution in [2.75, 3.05) is 23.8 Å². The maximum Gasteiger partial charge on any atom is 0.141 e. The number of rotatable bonds is 4. The van der Waals surface area contributed by atoms with E-state index < -0.39 is 0 Å². The monoisotopic (exact) mass is 270 g/mol. The first-order valence-electron chi connectivity index (χ1n) is 6.92. The zero-order valence-corrected chi connectivity index (χ0v) is 12.9. The van der Waals surface area contributed by atoms with Crippen molar-refractivity contribution < 1.29 is 0 Å². The summed E-state index contributed by atoms with van der Waals surface area (Å²) >= 11 is 0. The van der Waals surface area contributed by atoms with Crippen LogP contribution in [0.15, 0.2) is 24.3 Å². The molecule has 0 bridgehead atoms. The van der Waals surface area contributed by atoms with E-state index in [0.29, 0.717) is 0 Å². The van der Waals surface area contributed by atoms with Crippen molar-refractivity contribution >= 4 is 17.3 Å². The van der Waals surface area contributed by atoms with Gasteiger partial charge < -0.3 is 10.2 Å². The molecule has 1 N–H and O–H groups in total. The van der Waals surface area contributed by atoms with Crippen LogP contribution >= 0.6 is 0 Å². The van der Waals surface area contributed by atoms with E-state index in [4.69, 9.17) is 0 Å². The highest BCUT2D eigenvalue weighted by Gasteiger charge is 2.13. The molecule has 106 valence electrons. The molecule has 1 heterocycles. The lowest BCUT2D eigenvalue weighted by molar-refractivity contribution is 0.982. The first kappa shape index (κ1) is 14.3. The summed E-state index contributed by atoms with van der Waals surface area (Å²) < 4.78 is 0. The van der Waals surface area contributed by atoms with Gasteiger partial charge in [0, 0.05) is 24.8 Å². The van der Waals surface area contributed by atoms with Crippen LogP contribution < -0.4 is 10.2 Å². The van der Waals surface area contributed by atoms with E-state index in [-0.39, 0.29) is 0 Å². The van der Waals surface area contributed by atoms with Crippen LogP contribution in [0.25, 0.3) is 0 Å². The maximum atomic E-state index is 4.59. The van der Waals surface area contributed by atoms with E-state index in [0.717, 1.165) is 35.3 Å². The average molecular weight is 270 g/mol. The molecule has 0 aliphatic heterocycles. The Morgan fingerprint density at radius 3 is 2.30 bits per heavy atom. The van der Waals surface area contributed by atoms with Crippen molar-refractivity contribution in [3.05, 3.63) is 41.2 Å². The molecule has 0 radical (unpaired) electrons. The van der Waals surface area contributed by atoms with E-state index in [9.17, 15) is 0 Å². The first-order chi connectivity index (χ1) is 9.52. The number of nitrogens with zero attached hydrogens (tertiary/aromatic N) is 3. The zero-order valence-electron chi connectivity index (χ0n) is 12.9. The third-order valence-corrected chi connectivity index (χ3v) is 3.32. The molecule has 0 saturated heterocycles. The Morgan fingerprint density at radius 1 is 1.05 bits per heavy atom. The molecule has 0 amide bonds. The van der Waals surface area contributed by atoms with Gasteiger partial charge in [0.15, 0.2) is 0 Å². The molecular formula is C16H22N4. The Labute approximate surface area is 120 Å². The highest BCUT2D eigenvalue weighted by Crippen LogP contribution is 2.28. The zero-order chi connectivity index (χ0) is 14.7. The number of hydrogen-bond acceptors (Lipinski definition) is 4. The number of nitrogens with one attached hydrogen (secondary N) is 1. The molecule has 20 heavy (non-hydrogen) atoms. The van der Waals surface area contributed by atoms with Crippen molar-refractivity contribution in [3.63, 3.8) is 0 Å². The van der Waals surface area contributed by atoms with E-state index in [1.807, 2.05) is 14.0 Å². The van der Waals surface area contributed by atoms with E-state index in [1.54, 1.807) is 0 Å². The lowest BCUT2D eigenvalue weighted by Crippen LogP contribution is -2.16. The molecule has 1 aromatic heterocycles. The first-order valence-corrected chi connectivity index (χ1v) is 6.92. The summed E-state index contributed by atoms with van der Waals surface area (Å²) in [6.07, 6.45) is 0. The smallest absolute Gasteiger partial charge is 0.141 e. The van der Waals surface area contributed by atoms with Crippen molar-refractivity contribution in [2.45, 2.75) is 27.7 Å². The molecule has 4 heteroatoms. The van der Waals surface area contributed by atoms with Gasteiger partial charge in [-0.15, -0.1) is 0 Å². The van der Waals surface area contributed by atoms with Crippen LogP contribution in [0, 0.1) is 20.8 Å². The maximum absolute atomic E-state index is 4.59. The van der Waals surface area contributed by atoms with Crippen LogP contribution in [0.4, 0.5) is 17.3 Å². The molecule has 0 saturated carbocycles. The Balaban J connectivity index is 2.43. The molecule has 0 fully saturated rings. The fourth-order valence-corrected chi connectivity index (χ4v) is 2.17. The van der Waals surface area contributed by atoms with Crippen molar-refractivity contribution in [1.29, 1.82) is 0 Å². The molecule has 0 unspecified atom stereocenters. The van der Waals surface area contributed by atoms with E-state index >= 15 is 0 Å². The van der Waals surface area contributed by atoms with Crippen LogP contribution in [0.3, 0.4) is 0 Å². The van der Waals surface area contributed by atoms with Gasteiger partial charge in [-0.1, -0.05) is 17.7 Å². The number of hydrogen-bond donors (Lipinski definition) is 1. The summed E-state index contributed by atoms with van der Waals surface area (Å²) in [6.45, 7) is 8.99. The molecule has 0 aliphatic rings. The summed E-state index contributed by atoms with van der Waals surface area (Å²) in [5.74, 6) is 2.63. The van der Waals surface area contributed by atoms with Crippen molar-refractivity contribution in [1.82, 2.24) is 9.97 Å². The highest BCUT2D eigenvalue weighted by atomic mass is 15.2. The normalized spacial score (nSPS) is 10.4. The number of aryl methyl sites for hydroxylation is 2. The molecule has 4 nitrogen and oxygen atoms in total. The molecule has 2 aromatic rings. The molecular weight excluding hydrogens is 248 g/mol. The SMILES string of the molecule is CCNc1nc(C)nc(N(C)c2ccc(C)cc2)c1C. The van der Waals surface area contributed by atoms with Gasteiger partial charge in [0.05, 0.1) is 0 Å². The number of benzene rings is 1. The largest absolute Gasteiger partial charge is 0.370 e. The predicted molar refractivity (Wildman–Crippen MR) is 84.9 cm³/mol. The molecule has 0 atom stereocenters. The van der Waals surface area contributed by atoms with Crippen LogP contribution in [-0.2, 0) is 0 Å². The Kier molecular flexibility index (Phi) is 4.23. The van der Waals surface area contributed by atoms with E-state index in [2.05, 4.69) is 65.2 Å². The summed E-state index contributed by atoms with van der Waals surface area (Å²) in [5, 5.41) is 3.29. The van der Waals surface area contributed by atoms with E-state index in [1.165, 1.54) is 5.56 Å². The molecule has 0 aliphatic carbocycles. The van der Waals surface area contributed by atoms with Crippen molar-refractivity contribution in [2.24, 2.45) is 0 Å². The summed E-state index contributed by atoms with van der Waals surface area (Å²) in [5.41, 5.74) is 3.45. The van der Waals surface area contributed by atoms with Crippen LogP contribution in [0.5, 0.6) is 0 Å². The Morgan fingerprint density at radius 2 is 1.70 bits per heavy atom. The fourth-order valence-electron chi connectivity index (χ4n) is 2.17. The van der Waals surface area contributed by atoms with Gasteiger partial charge in [0.2, 0.25) is 0 Å². The minimum atomic E-state index is 0.778. The Bertz CT molecular complexity index is 590. The second kappa shape index (κ2) is 5.90. The minimum Gasteiger partial charge on any atom is -0.370 e. The van der Waals surface area contributed by atoms with Gasteiger partial charge in [-0.3, -0.25) is 0 Å². The molecule has 2 rings (SSSR count). The third-order valence-electron chi connectivity index (χ3n) is 3.32. The van der Waals surface area contributed by atoms with Gasteiger partial charge in [-0.05, 0) is 39.8 Å². The molecule has 1 aromatic carbocycles. The number of aromatic nitrogens is 2. The minimum absolute atomic E-state index is 0.778. The quantitative estimate of drug-likeness (QED) is 0.921. The lowest BCUT2D eigenvalue weighted by atomic mass is 10.2. The van der Waals surface area contributed by atoms with Crippen LogP contribution in [-0.4, -0.2) is 23.6 Å². The van der Waals surface area contributed by atoms with Crippen LogP contribution in [0.2, 0.25) is 0 Å². The lowest BCUT2D eigenvalue weighted by Gasteiger charge is -2.22. The molecule has 0 spiro atoms. The standard InChI is InChI=1S/C16H22N4/c1-6-17-15-12(3)16(19-13(4)18-15)20(5)14-9-7-11(2)8-10-14/h7-10H,6H2,1-5H3,(H,17,18,19). The number of anilines is 3. The fraction of sp³-hybridized carbons (Fsp3) is 0.375. The van der Waals surface area contributed by atoms with Crippen LogP contribution in [0.1, 0.15) is 23.9 Å². The summed E-state index contributed by atoms with van der Waals surface area (Å²) in [4.78, 5) is 11.2. The van der Waals surface area contributed by atoms with Gasteiger partial charge in [0.25, 0.3) is 0 Å². The highest BCUT2D eigenvalue weighted by molar-refractivity contribution is 5.66.